The Morgan fingerprint density at radius 3 is 2.47 bits per heavy atom. The number of ether oxygens (including phenoxy) is 1. The lowest BCUT2D eigenvalue weighted by molar-refractivity contribution is -0.150. The van der Waals surface area contributed by atoms with Crippen LogP contribution in [0.4, 0.5) is 0 Å². The molecule has 1 N–H and O–H groups in total. The molecule has 0 aromatic carbocycles. The van der Waals surface area contributed by atoms with Gasteiger partial charge in [-0.1, -0.05) is 24.3 Å². The van der Waals surface area contributed by atoms with Gasteiger partial charge in [-0.2, -0.15) is 0 Å². The highest BCUT2D eigenvalue weighted by molar-refractivity contribution is 5.80. The van der Waals surface area contributed by atoms with Crippen LogP contribution < -0.4 is 0 Å². The maximum absolute atomic E-state index is 11.4. The number of aliphatic carboxylic acids is 1. The lowest BCUT2D eigenvalue weighted by Crippen LogP contribution is -2.19. The molecule has 15 heavy (non-hydrogen) atoms. The Morgan fingerprint density at radius 1 is 1.47 bits per heavy atom. The molecular weight excluding hydrogens is 196 g/mol. The number of hydrogen-bond acceptors (Lipinski definition) is 3. The van der Waals surface area contributed by atoms with Crippen molar-refractivity contribution in [1.82, 2.24) is 0 Å². The van der Waals surface area contributed by atoms with Gasteiger partial charge in [0.15, 0.2) is 0 Å². The molecule has 0 aliphatic carbocycles. The fraction of sp³-hybridized carbons (Fsp3) is 0.455. The van der Waals surface area contributed by atoms with Crippen LogP contribution in [0.25, 0.3) is 0 Å². The van der Waals surface area contributed by atoms with Crippen molar-refractivity contribution in [3.63, 3.8) is 0 Å². The highest BCUT2D eigenvalue weighted by Crippen LogP contribution is 2.11. The molecule has 0 saturated heterocycles. The lowest BCUT2D eigenvalue weighted by Gasteiger charge is -2.09. The van der Waals surface area contributed by atoms with Crippen LogP contribution in [0.3, 0.4) is 0 Å². The van der Waals surface area contributed by atoms with Crippen LogP contribution in [0.15, 0.2) is 24.3 Å². The van der Waals surface area contributed by atoms with E-state index >= 15 is 0 Å². The van der Waals surface area contributed by atoms with Crippen molar-refractivity contribution in [2.45, 2.75) is 20.3 Å². The third kappa shape index (κ3) is 6.49. The summed E-state index contributed by atoms with van der Waals surface area (Å²) in [5.74, 6) is -2.26. The number of esters is 1. The fourth-order valence-electron chi connectivity index (χ4n) is 1.05. The first-order valence-electron chi connectivity index (χ1n) is 4.61. The molecule has 1 atom stereocenters. The highest BCUT2D eigenvalue weighted by atomic mass is 16.5. The summed E-state index contributed by atoms with van der Waals surface area (Å²) in [5, 5.41) is 8.61. The molecule has 0 aliphatic rings. The van der Waals surface area contributed by atoms with E-state index in [4.69, 9.17) is 9.84 Å². The zero-order valence-corrected chi connectivity index (χ0v) is 9.03. The third-order valence-corrected chi connectivity index (χ3v) is 1.58. The summed E-state index contributed by atoms with van der Waals surface area (Å²) in [6, 6.07) is 0. The second kappa shape index (κ2) is 6.81. The van der Waals surface area contributed by atoms with Crippen LogP contribution in [0, 0.1) is 5.92 Å². The number of carboxylic acids is 1. The number of carbonyl (C=O) groups excluding carboxylic acids is 1. The minimum absolute atomic E-state index is 0.103. The van der Waals surface area contributed by atoms with E-state index in [0.29, 0.717) is 0 Å². The summed E-state index contributed by atoms with van der Waals surface area (Å²) in [6.07, 6.45) is 2.79. The van der Waals surface area contributed by atoms with Crippen molar-refractivity contribution in [3.05, 3.63) is 24.3 Å². The first kappa shape index (κ1) is 13.4. The van der Waals surface area contributed by atoms with Crippen LogP contribution >= 0.6 is 0 Å². The standard InChI is InChI=1S/C11H16O4/c1-4-5-15-11(14)9(6-8(2)3)7-10(12)13/h4,6,9H,1,5,7H2,2-3H3,(H,12,13). The van der Waals surface area contributed by atoms with E-state index in [1.165, 1.54) is 6.08 Å². The molecule has 0 saturated carbocycles. The summed E-state index contributed by atoms with van der Waals surface area (Å²) < 4.78 is 4.79. The van der Waals surface area contributed by atoms with Crippen LogP contribution in [-0.4, -0.2) is 23.7 Å². The van der Waals surface area contributed by atoms with Crippen molar-refractivity contribution >= 4 is 11.9 Å². The van der Waals surface area contributed by atoms with Gasteiger partial charge in [-0.05, 0) is 13.8 Å². The van der Waals surface area contributed by atoms with E-state index in [1.54, 1.807) is 19.9 Å². The minimum atomic E-state index is -1.02. The summed E-state index contributed by atoms with van der Waals surface area (Å²) in [5.41, 5.74) is 0.886. The SMILES string of the molecule is C=CCOC(=O)C(C=C(C)C)CC(=O)O. The Hall–Kier alpha value is -1.58. The number of carbonyl (C=O) groups is 2. The smallest absolute Gasteiger partial charge is 0.313 e. The van der Waals surface area contributed by atoms with Gasteiger partial charge in [0.1, 0.15) is 6.61 Å². The van der Waals surface area contributed by atoms with E-state index in [9.17, 15) is 9.59 Å². The molecule has 4 nitrogen and oxygen atoms in total. The van der Waals surface area contributed by atoms with Crippen molar-refractivity contribution in [3.8, 4) is 0 Å². The molecule has 0 aliphatic heterocycles. The first-order chi connectivity index (χ1) is 6.97. The van der Waals surface area contributed by atoms with E-state index in [1.807, 2.05) is 0 Å². The quantitative estimate of drug-likeness (QED) is 0.538. The molecule has 0 aromatic rings. The Bertz CT molecular complexity index is 274. The largest absolute Gasteiger partial charge is 0.481 e. The summed E-state index contributed by atoms with van der Waals surface area (Å²) in [4.78, 5) is 21.9. The van der Waals surface area contributed by atoms with E-state index in [2.05, 4.69) is 6.58 Å². The Labute approximate surface area is 89.2 Å². The summed E-state index contributed by atoms with van der Waals surface area (Å²) >= 11 is 0. The Balaban J connectivity index is 4.47. The Morgan fingerprint density at radius 2 is 2.07 bits per heavy atom. The third-order valence-electron chi connectivity index (χ3n) is 1.58. The lowest BCUT2D eigenvalue weighted by atomic mass is 10.0. The summed E-state index contributed by atoms with van der Waals surface area (Å²) in [6.45, 7) is 7.11. The molecule has 0 heterocycles. The molecule has 0 spiro atoms. The molecular formula is C11H16O4. The number of hydrogen-bond donors (Lipinski definition) is 1. The van der Waals surface area contributed by atoms with Crippen LogP contribution in [-0.2, 0) is 14.3 Å². The van der Waals surface area contributed by atoms with Gasteiger partial charge >= 0.3 is 11.9 Å². The van der Waals surface area contributed by atoms with E-state index < -0.39 is 17.9 Å². The molecule has 0 aromatic heterocycles. The topological polar surface area (TPSA) is 63.6 Å². The molecule has 0 amide bonds. The van der Waals surface area contributed by atoms with Gasteiger partial charge < -0.3 is 9.84 Å². The van der Waals surface area contributed by atoms with Crippen LogP contribution in [0.2, 0.25) is 0 Å². The molecule has 0 fully saturated rings. The second-order valence-electron chi connectivity index (χ2n) is 3.37. The van der Waals surface area contributed by atoms with Gasteiger partial charge in [0.05, 0.1) is 12.3 Å². The predicted molar refractivity (Wildman–Crippen MR) is 56.3 cm³/mol. The monoisotopic (exact) mass is 212 g/mol. The van der Waals surface area contributed by atoms with Gasteiger partial charge in [-0.25, -0.2) is 0 Å². The zero-order chi connectivity index (χ0) is 11.8. The maximum Gasteiger partial charge on any atom is 0.313 e. The second-order valence-corrected chi connectivity index (χ2v) is 3.37. The van der Waals surface area contributed by atoms with Crippen molar-refractivity contribution in [2.24, 2.45) is 5.92 Å². The van der Waals surface area contributed by atoms with Crippen molar-refractivity contribution in [1.29, 1.82) is 0 Å². The van der Waals surface area contributed by atoms with Crippen LogP contribution in [0.1, 0.15) is 20.3 Å². The molecule has 1 unspecified atom stereocenters. The van der Waals surface area contributed by atoms with Gasteiger partial charge in [-0.3, -0.25) is 9.59 Å². The number of rotatable bonds is 6. The number of allylic oxidation sites excluding steroid dienone is 1. The highest BCUT2D eigenvalue weighted by Gasteiger charge is 2.20. The molecule has 4 heteroatoms. The summed E-state index contributed by atoms with van der Waals surface area (Å²) in [7, 11) is 0. The van der Waals surface area contributed by atoms with Crippen molar-refractivity contribution < 1.29 is 19.4 Å². The zero-order valence-electron chi connectivity index (χ0n) is 9.03. The fourth-order valence-corrected chi connectivity index (χ4v) is 1.05. The molecule has 0 radical (unpaired) electrons. The predicted octanol–water partition coefficient (Wildman–Crippen LogP) is 1.77. The molecule has 84 valence electrons. The average molecular weight is 212 g/mol. The van der Waals surface area contributed by atoms with Crippen molar-refractivity contribution in [2.75, 3.05) is 6.61 Å². The normalized spacial score (nSPS) is 11.3. The van der Waals surface area contributed by atoms with Crippen LogP contribution in [0.5, 0.6) is 0 Å². The van der Waals surface area contributed by atoms with E-state index in [-0.39, 0.29) is 13.0 Å². The molecule has 0 rings (SSSR count). The molecule has 0 bridgehead atoms. The number of carboxylic acid groups (broad SMARTS) is 1. The van der Waals surface area contributed by atoms with Gasteiger partial charge in [0, 0.05) is 0 Å². The maximum atomic E-state index is 11.4. The minimum Gasteiger partial charge on any atom is -0.481 e. The van der Waals surface area contributed by atoms with Gasteiger partial charge in [0.25, 0.3) is 0 Å². The van der Waals surface area contributed by atoms with Gasteiger partial charge in [0.2, 0.25) is 0 Å². The first-order valence-corrected chi connectivity index (χ1v) is 4.61. The van der Waals surface area contributed by atoms with E-state index in [0.717, 1.165) is 5.57 Å². The van der Waals surface area contributed by atoms with Gasteiger partial charge in [-0.15, -0.1) is 0 Å². The Kier molecular flexibility index (Phi) is 6.09. The average Bonchev–Trinajstić information content (AvgIpc) is 2.11.